The number of carbonyl (C=O) groups is 2. The first-order chi connectivity index (χ1) is 15.0. The summed E-state index contributed by atoms with van der Waals surface area (Å²) in [6, 6.07) is 10.9. The number of nitrogens with zero attached hydrogens (tertiary/aromatic N) is 3. The molecule has 1 aliphatic heterocycles. The number of carbonyl (C=O) groups excluding carboxylic acids is 2. The van der Waals surface area contributed by atoms with Crippen LogP contribution in [-0.2, 0) is 22.6 Å². The molecule has 2 aromatic rings. The summed E-state index contributed by atoms with van der Waals surface area (Å²) in [6.07, 6.45) is 2.54. The molecule has 1 N–H and O–H groups in total. The van der Waals surface area contributed by atoms with Gasteiger partial charge in [-0.3, -0.25) is 19.5 Å². The zero-order valence-corrected chi connectivity index (χ0v) is 18.3. The average Bonchev–Trinajstić information content (AvgIpc) is 2.80. The molecule has 1 aliphatic rings. The van der Waals surface area contributed by atoms with Crippen molar-refractivity contribution in [1.29, 1.82) is 0 Å². The summed E-state index contributed by atoms with van der Waals surface area (Å²) in [5, 5.41) is 2.88. The molecule has 1 fully saturated rings. The number of pyridine rings is 1. The van der Waals surface area contributed by atoms with Crippen LogP contribution in [0.15, 0.2) is 42.6 Å². The minimum Gasteiger partial charge on any atom is -0.493 e. The van der Waals surface area contributed by atoms with Crippen molar-refractivity contribution in [3.05, 3.63) is 53.9 Å². The van der Waals surface area contributed by atoms with Gasteiger partial charge >= 0.3 is 0 Å². The van der Waals surface area contributed by atoms with Crippen molar-refractivity contribution in [2.45, 2.75) is 25.4 Å². The van der Waals surface area contributed by atoms with Gasteiger partial charge in [-0.05, 0) is 18.2 Å². The fourth-order valence-electron chi connectivity index (χ4n) is 3.74. The third-order valence-corrected chi connectivity index (χ3v) is 5.52. The number of nitrogens with one attached hydrogen (secondary N) is 1. The van der Waals surface area contributed by atoms with E-state index in [4.69, 9.17) is 9.47 Å². The van der Waals surface area contributed by atoms with Crippen LogP contribution in [0.3, 0.4) is 0 Å². The van der Waals surface area contributed by atoms with Crippen LogP contribution in [0.5, 0.6) is 11.5 Å². The third kappa shape index (κ3) is 5.73. The molecule has 0 radical (unpaired) electrons. The number of piperazine rings is 1. The van der Waals surface area contributed by atoms with E-state index < -0.39 is 6.04 Å². The van der Waals surface area contributed by atoms with Crippen LogP contribution in [-0.4, -0.2) is 73.5 Å². The number of amides is 2. The summed E-state index contributed by atoms with van der Waals surface area (Å²) >= 11 is 0. The zero-order chi connectivity index (χ0) is 22.2. The lowest BCUT2D eigenvalue weighted by molar-refractivity contribution is -0.138. The molecule has 1 unspecified atom stereocenters. The van der Waals surface area contributed by atoms with Crippen LogP contribution >= 0.6 is 0 Å². The van der Waals surface area contributed by atoms with Crippen LogP contribution in [0.2, 0.25) is 0 Å². The number of likely N-dealkylation sites (N-methyl/N-ethyl adjacent to an activating group) is 1. The summed E-state index contributed by atoms with van der Waals surface area (Å²) in [7, 11) is 4.96. The molecule has 2 amide bonds. The minimum absolute atomic E-state index is 0.0689. The Bertz CT molecular complexity index is 890. The molecule has 1 saturated heterocycles. The third-order valence-electron chi connectivity index (χ3n) is 5.52. The highest BCUT2D eigenvalue weighted by atomic mass is 16.5. The molecule has 2 heterocycles. The van der Waals surface area contributed by atoms with Gasteiger partial charge in [-0.25, -0.2) is 0 Å². The van der Waals surface area contributed by atoms with Crippen LogP contribution in [0.4, 0.5) is 0 Å². The summed E-state index contributed by atoms with van der Waals surface area (Å²) in [6.45, 7) is 2.24. The first-order valence-corrected chi connectivity index (χ1v) is 10.4. The lowest BCUT2D eigenvalue weighted by Gasteiger charge is -2.35. The largest absolute Gasteiger partial charge is 0.493 e. The Morgan fingerprint density at radius 3 is 2.77 bits per heavy atom. The highest BCUT2D eigenvalue weighted by Crippen LogP contribution is 2.32. The molecule has 1 atom stereocenters. The Kier molecular flexibility index (Phi) is 7.83. The first kappa shape index (κ1) is 22.6. The highest BCUT2D eigenvalue weighted by molar-refractivity contribution is 5.88. The van der Waals surface area contributed by atoms with E-state index in [2.05, 4.69) is 10.3 Å². The van der Waals surface area contributed by atoms with Gasteiger partial charge in [-0.15, -0.1) is 0 Å². The first-order valence-electron chi connectivity index (χ1n) is 10.4. The molecule has 1 aromatic heterocycles. The number of benzene rings is 1. The lowest BCUT2D eigenvalue weighted by atomic mass is 10.1. The van der Waals surface area contributed by atoms with Gasteiger partial charge in [0.1, 0.15) is 0 Å². The molecule has 1 aromatic carbocycles. The standard InChI is InChI=1S/C23H30N4O4/c1-26(13-10-18-8-4-5-11-24-18)21(28)15-19-23(29)25-12-14-27(19)16-17-7-6-9-20(30-2)22(17)31-3/h4-9,11,19H,10,12-16H2,1-3H3,(H,25,29). The molecule has 8 nitrogen and oxygen atoms in total. The Labute approximate surface area is 183 Å². The van der Waals surface area contributed by atoms with Gasteiger partial charge in [0.15, 0.2) is 11.5 Å². The topological polar surface area (TPSA) is 84.0 Å². The van der Waals surface area contributed by atoms with Gasteiger partial charge in [0.2, 0.25) is 11.8 Å². The Morgan fingerprint density at radius 2 is 2.06 bits per heavy atom. The van der Waals surface area contributed by atoms with Crippen molar-refractivity contribution < 1.29 is 19.1 Å². The second-order valence-corrected chi connectivity index (χ2v) is 7.52. The minimum atomic E-state index is -0.533. The quantitative estimate of drug-likeness (QED) is 0.654. The van der Waals surface area contributed by atoms with Crippen molar-refractivity contribution >= 4 is 11.8 Å². The molecule has 8 heteroatoms. The normalized spacial score (nSPS) is 16.5. The molecule has 3 rings (SSSR count). The maximum absolute atomic E-state index is 12.9. The molecule has 0 bridgehead atoms. The number of aromatic nitrogens is 1. The van der Waals surface area contributed by atoms with Gasteiger partial charge in [0, 0.05) is 57.1 Å². The van der Waals surface area contributed by atoms with E-state index in [-0.39, 0.29) is 18.2 Å². The highest BCUT2D eigenvalue weighted by Gasteiger charge is 2.33. The van der Waals surface area contributed by atoms with Gasteiger partial charge in [-0.1, -0.05) is 18.2 Å². The zero-order valence-electron chi connectivity index (χ0n) is 18.3. The Balaban J connectivity index is 1.66. The average molecular weight is 427 g/mol. The lowest BCUT2D eigenvalue weighted by Crippen LogP contribution is -2.56. The van der Waals surface area contributed by atoms with Gasteiger partial charge in [-0.2, -0.15) is 0 Å². The van der Waals surface area contributed by atoms with Crippen molar-refractivity contribution in [1.82, 2.24) is 20.1 Å². The van der Waals surface area contributed by atoms with Crippen LogP contribution in [0.1, 0.15) is 17.7 Å². The predicted molar refractivity (Wildman–Crippen MR) is 117 cm³/mol. The second kappa shape index (κ2) is 10.8. The summed E-state index contributed by atoms with van der Waals surface area (Å²) < 4.78 is 10.9. The molecule has 166 valence electrons. The van der Waals surface area contributed by atoms with E-state index in [0.29, 0.717) is 44.1 Å². The van der Waals surface area contributed by atoms with Crippen LogP contribution in [0, 0.1) is 0 Å². The summed E-state index contributed by atoms with van der Waals surface area (Å²) in [5.74, 6) is 1.09. The number of para-hydroxylation sites is 1. The number of ether oxygens (including phenoxy) is 2. The molecule has 0 aliphatic carbocycles. The second-order valence-electron chi connectivity index (χ2n) is 7.52. The smallest absolute Gasteiger partial charge is 0.237 e. The molecule has 31 heavy (non-hydrogen) atoms. The number of hydrogen-bond acceptors (Lipinski definition) is 6. The molecular weight excluding hydrogens is 396 g/mol. The van der Waals surface area contributed by atoms with E-state index in [1.165, 1.54) is 0 Å². The van der Waals surface area contributed by atoms with E-state index in [1.807, 2.05) is 41.3 Å². The van der Waals surface area contributed by atoms with Crippen LogP contribution < -0.4 is 14.8 Å². The maximum Gasteiger partial charge on any atom is 0.237 e. The SMILES string of the molecule is COc1cccc(CN2CCNC(=O)C2CC(=O)N(C)CCc2ccccn2)c1OC. The summed E-state index contributed by atoms with van der Waals surface area (Å²) in [4.78, 5) is 33.5. The van der Waals surface area contributed by atoms with Crippen molar-refractivity contribution in [2.24, 2.45) is 0 Å². The van der Waals surface area contributed by atoms with Crippen molar-refractivity contribution in [3.63, 3.8) is 0 Å². The van der Waals surface area contributed by atoms with Crippen molar-refractivity contribution in [3.8, 4) is 11.5 Å². The Morgan fingerprint density at radius 1 is 1.23 bits per heavy atom. The Hall–Kier alpha value is -3.13. The molecule has 0 saturated carbocycles. The van der Waals surface area contributed by atoms with Gasteiger partial charge in [0.05, 0.1) is 26.7 Å². The van der Waals surface area contributed by atoms with Crippen LogP contribution in [0.25, 0.3) is 0 Å². The number of rotatable bonds is 9. The number of methoxy groups -OCH3 is 2. The predicted octanol–water partition coefficient (Wildman–Crippen LogP) is 1.49. The fraction of sp³-hybridized carbons (Fsp3) is 0.435. The molecular formula is C23H30N4O4. The summed E-state index contributed by atoms with van der Waals surface area (Å²) in [5.41, 5.74) is 1.85. The van der Waals surface area contributed by atoms with E-state index in [9.17, 15) is 9.59 Å². The fourth-order valence-corrected chi connectivity index (χ4v) is 3.74. The monoisotopic (exact) mass is 426 g/mol. The maximum atomic E-state index is 12.9. The molecule has 0 spiro atoms. The van der Waals surface area contributed by atoms with Gasteiger partial charge < -0.3 is 19.7 Å². The van der Waals surface area contributed by atoms with E-state index in [0.717, 1.165) is 11.3 Å². The number of hydrogen-bond donors (Lipinski definition) is 1. The van der Waals surface area contributed by atoms with E-state index >= 15 is 0 Å². The van der Waals surface area contributed by atoms with Gasteiger partial charge in [0.25, 0.3) is 0 Å². The van der Waals surface area contributed by atoms with E-state index in [1.54, 1.807) is 32.4 Å². The van der Waals surface area contributed by atoms with Crippen molar-refractivity contribution in [2.75, 3.05) is 40.9 Å².